The van der Waals surface area contributed by atoms with E-state index in [-0.39, 0.29) is 24.1 Å². The van der Waals surface area contributed by atoms with Crippen molar-refractivity contribution in [3.8, 4) is 11.3 Å². The minimum Gasteiger partial charge on any atom is -0.356 e. The lowest BCUT2D eigenvalue weighted by Crippen LogP contribution is -2.28. The minimum atomic E-state index is -4.57. The highest BCUT2D eigenvalue weighted by atomic mass is 19.4. The third-order valence-corrected chi connectivity index (χ3v) is 7.43. The monoisotopic (exact) mass is 540 g/mol. The van der Waals surface area contributed by atoms with Crippen LogP contribution < -0.4 is 11.1 Å². The van der Waals surface area contributed by atoms with Crippen LogP contribution in [0.25, 0.3) is 22.2 Å². The summed E-state index contributed by atoms with van der Waals surface area (Å²) in [5, 5.41) is 18.6. The summed E-state index contributed by atoms with van der Waals surface area (Å²) in [4.78, 5) is 14.0. The van der Waals surface area contributed by atoms with Crippen molar-refractivity contribution in [3.63, 3.8) is 0 Å². The molecule has 12 heteroatoms. The second-order valence-electron chi connectivity index (χ2n) is 10.1. The Labute approximate surface area is 223 Å². The van der Waals surface area contributed by atoms with Gasteiger partial charge in [-0.25, -0.2) is 4.98 Å². The van der Waals surface area contributed by atoms with Gasteiger partial charge in [-0.2, -0.15) is 18.3 Å². The van der Waals surface area contributed by atoms with Crippen molar-refractivity contribution in [2.24, 2.45) is 18.7 Å². The lowest BCUT2D eigenvalue weighted by Gasteiger charge is -2.33. The van der Waals surface area contributed by atoms with Gasteiger partial charge >= 0.3 is 6.18 Å². The number of nitrogens with zero attached hydrogens (tertiary/aromatic N) is 5. The molecule has 1 saturated heterocycles. The second kappa shape index (κ2) is 11.1. The molecule has 0 spiro atoms. The lowest BCUT2D eigenvalue weighted by molar-refractivity contribution is -0.141. The van der Waals surface area contributed by atoms with E-state index < -0.39 is 11.9 Å². The zero-order valence-electron chi connectivity index (χ0n) is 21.6. The summed E-state index contributed by atoms with van der Waals surface area (Å²) < 4.78 is 42.2. The van der Waals surface area contributed by atoms with Crippen molar-refractivity contribution in [1.29, 1.82) is 0 Å². The number of carbonyl (C=O) groups is 1. The van der Waals surface area contributed by atoms with Crippen molar-refractivity contribution >= 4 is 16.8 Å². The Morgan fingerprint density at radius 3 is 2.56 bits per heavy atom. The summed E-state index contributed by atoms with van der Waals surface area (Å²) >= 11 is 0. The van der Waals surface area contributed by atoms with Crippen LogP contribution in [0, 0.1) is 5.92 Å². The summed E-state index contributed by atoms with van der Waals surface area (Å²) in [6.07, 6.45) is 3.47. The molecule has 206 valence electrons. The molecule has 6 rings (SSSR count). The van der Waals surface area contributed by atoms with Gasteiger partial charge in [0, 0.05) is 43.4 Å². The first kappa shape index (κ1) is 26.8. The molecule has 1 saturated carbocycles. The third kappa shape index (κ3) is 5.65. The predicted octanol–water partition coefficient (Wildman–Crippen LogP) is 4.45. The van der Waals surface area contributed by atoms with Crippen molar-refractivity contribution in [3.05, 3.63) is 59.4 Å². The average Bonchev–Trinajstić information content (AvgIpc) is 3.52. The van der Waals surface area contributed by atoms with Gasteiger partial charge in [-0.1, -0.05) is 24.6 Å². The zero-order valence-corrected chi connectivity index (χ0v) is 21.6. The van der Waals surface area contributed by atoms with E-state index in [4.69, 9.17) is 5.73 Å². The number of aromatic amines is 1. The van der Waals surface area contributed by atoms with Crippen molar-refractivity contribution in [2.45, 2.75) is 57.2 Å². The first-order chi connectivity index (χ1) is 18.8. The summed E-state index contributed by atoms with van der Waals surface area (Å²) in [7, 11) is 1.92. The number of hydrogen-bond acceptors (Lipinski definition) is 6. The van der Waals surface area contributed by atoms with Crippen LogP contribution in [0.3, 0.4) is 0 Å². The molecule has 9 nitrogen and oxygen atoms in total. The molecular formula is C27H31F3N8O. The number of aromatic nitrogens is 6. The van der Waals surface area contributed by atoms with Gasteiger partial charge in [0.25, 0.3) is 0 Å². The Hall–Kier alpha value is -3.80. The maximum atomic E-state index is 13.4. The Kier molecular flexibility index (Phi) is 7.65. The Balaban J connectivity index is 0.000000384. The molecule has 4 N–H and O–H groups in total. The molecule has 39 heavy (non-hydrogen) atoms. The number of halogens is 3. The lowest BCUT2D eigenvalue weighted by atomic mass is 9.72. The van der Waals surface area contributed by atoms with Gasteiger partial charge in [0.05, 0.1) is 11.2 Å². The molecule has 4 aromatic rings. The van der Waals surface area contributed by atoms with E-state index in [1.807, 2.05) is 35.9 Å². The number of aryl methyl sites for hydroxylation is 1. The van der Waals surface area contributed by atoms with Crippen LogP contribution in [0.2, 0.25) is 0 Å². The molecule has 1 aromatic carbocycles. The van der Waals surface area contributed by atoms with Gasteiger partial charge in [0.1, 0.15) is 23.5 Å². The molecule has 2 aliphatic rings. The highest BCUT2D eigenvalue weighted by molar-refractivity contribution is 5.94. The van der Waals surface area contributed by atoms with Crippen LogP contribution in [0.4, 0.5) is 13.2 Å². The highest BCUT2D eigenvalue weighted by Gasteiger charge is 2.35. The normalized spacial score (nSPS) is 16.8. The molecule has 3 aromatic heterocycles. The number of fused-ring (bicyclic) bond motifs is 1. The smallest absolute Gasteiger partial charge is 0.356 e. The number of benzene rings is 1. The number of H-pyrrole nitrogens is 1. The SMILES string of the molecule is Cn1cnnc1C(c1cccc(-c2n[nH]c3c(CN)nc(C(F)(F)F)cc23)c1)C1CCC1.O=C1CCCCN1. The third-order valence-electron chi connectivity index (χ3n) is 7.43. The molecule has 4 heterocycles. The maximum Gasteiger partial charge on any atom is 0.433 e. The quantitative estimate of drug-likeness (QED) is 0.343. The molecule has 2 fully saturated rings. The zero-order chi connectivity index (χ0) is 27.6. The van der Waals surface area contributed by atoms with E-state index >= 15 is 0 Å². The fourth-order valence-corrected chi connectivity index (χ4v) is 5.18. The Morgan fingerprint density at radius 2 is 2.00 bits per heavy atom. The largest absolute Gasteiger partial charge is 0.433 e. The summed E-state index contributed by atoms with van der Waals surface area (Å²) in [6.45, 7) is 0.761. The number of pyridine rings is 1. The standard InChI is InChI=1S/C22H22F3N7.C5H9NO/c1-32-11-27-31-21(32)18(12-4-2-5-12)13-6-3-7-14(8-13)19-15-9-17(22(23,24)25)28-16(10-26)20(15)30-29-19;7-5-3-1-2-4-6-5/h3,6-9,11-12,18H,2,4-5,10,26H2,1H3,(H,29,30);1-4H2,(H,6,7). The van der Waals surface area contributed by atoms with E-state index in [2.05, 4.69) is 30.7 Å². The predicted molar refractivity (Wildman–Crippen MR) is 139 cm³/mol. The number of nitrogens with one attached hydrogen (secondary N) is 2. The van der Waals surface area contributed by atoms with Gasteiger partial charge in [-0.05, 0) is 49.3 Å². The molecular weight excluding hydrogens is 509 g/mol. The molecule has 1 unspecified atom stereocenters. The van der Waals surface area contributed by atoms with Crippen LogP contribution in [-0.2, 0) is 24.6 Å². The average molecular weight is 541 g/mol. The van der Waals surface area contributed by atoms with Crippen molar-refractivity contribution < 1.29 is 18.0 Å². The summed E-state index contributed by atoms with van der Waals surface area (Å²) in [6, 6.07) is 8.81. The van der Waals surface area contributed by atoms with Crippen LogP contribution in [0.1, 0.15) is 67.2 Å². The molecule has 1 aliphatic heterocycles. The van der Waals surface area contributed by atoms with E-state index in [1.165, 1.54) is 6.42 Å². The first-order valence-electron chi connectivity index (χ1n) is 13.1. The van der Waals surface area contributed by atoms with E-state index in [9.17, 15) is 18.0 Å². The van der Waals surface area contributed by atoms with Crippen LogP contribution in [0.5, 0.6) is 0 Å². The van der Waals surface area contributed by atoms with Gasteiger partial charge in [-0.15, -0.1) is 10.2 Å². The maximum absolute atomic E-state index is 13.4. The molecule has 0 bridgehead atoms. The first-order valence-corrected chi connectivity index (χ1v) is 13.1. The Morgan fingerprint density at radius 1 is 1.18 bits per heavy atom. The Bertz CT molecular complexity index is 1450. The van der Waals surface area contributed by atoms with E-state index in [0.717, 1.165) is 61.7 Å². The summed E-state index contributed by atoms with van der Waals surface area (Å²) in [5.41, 5.74) is 7.46. The number of nitrogens with two attached hydrogens (primary N) is 1. The van der Waals surface area contributed by atoms with E-state index in [0.29, 0.717) is 22.5 Å². The van der Waals surface area contributed by atoms with Gasteiger partial charge < -0.3 is 15.6 Å². The van der Waals surface area contributed by atoms with Crippen LogP contribution in [-0.4, -0.2) is 42.4 Å². The fraction of sp³-hybridized carbons (Fsp3) is 0.444. The molecule has 1 atom stereocenters. The molecule has 0 radical (unpaired) electrons. The highest BCUT2D eigenvalue weighted by Crippen LogP contribution is 2.43. The van der Waals surface area contributed by atoms with Crippen molar-refractivity contribution in [1.82, 2.24) is 35.3 Å². The second-order valence-corrected chi connectivity index (χ2v) is 10.1. The number of piperidine rings is 1. The topological polar surface area (TPSA) is 127 Å². The van der Waals surface area contributed by atoms with E-state index in [1.54, 1.807) is 6.33 Å². The molecule has 1 amide bonds. The van der Waals surface area contributed by atoms with Crippen LogP contribution in [0.15, 0.2) is 36.7 Å². The van der Waals surface area contributed by atoms with Crippen LogP contribution >= 0.6 is 0 Å². The number of hydrogen-bond donors (Lipinski definition) is 3. The van der Waals surface area contributed by atoms with Gasteiger partial charge in [0.2, 0.25) is 5.91 Å². The summed E-state index contributed by atoms with van der Waals surface area (Å²) in [5.74, 6) is 1.61. The number of carbonyl (C=O) groups excluding carboxylic acids is 1. The number of alkyl halides is 3. The molecule has 1 aliphatic carbocycles. The number of rotatable bonds is 5. The minimum absolute atomic E-state index is 0.0633. The van der Waals surface area contributed by atoms with Gasteiger partial charge in [-0.3, -0.25) is 9.89 Å². The number of amides is 1. The fourth-order valence-electron chi connectivity index (χ4n) is 5.18. The van der Waals surface area contributed by atoms with Gasteiger partial charge in [0.15, 0.2) is 0 Å². The van der Waals surface area contributed by atoms with Crippen molar-refractivity contribution in [2.75, 3.05) is 6.54 Å².